The van der Waals surface area contributed by atoms with Crippen LogP contribution in [0.15, 0.2) is 24.3 Å². The number of aryl methyl sites for hydroxylation is 1. The largest absolute Gasteiger partial charge is 0.344 e. The highest BCUT2D eigenvalue weighted by molar-refractivity contribution is 6.01. The lowest BCUT2D eigenvalue weighted by molar-refractivity contribution is -0.125. The molecule has 4 heteroatoms. The highest BCUT2D eigenvalue weighted by atomic mass is 16.2. The predicted molar refractivity (Wildman–Crippen MR) is 79.5 cm³/mol. The minimum absolute atomic E-state index is 0.00106. The molecule has 0 saturated carbocycles. The Morgan fingerprint density at radius 1 is 1.30 bits per heavy atom. The molecule has 1 aromatic carbocycles. The molecule has 0 aromatic heterocycles. The summed E-state index contributed by atoms with van der Waals surface area (Å²) in [6, 6.07) is 7.39. The number of para-hydroxylation sites is 1. The van der Waals surface area contributed by atoms with E-state index < -0.39 is 6.04 Å². The first kappa shape index (κ1) is 14.6. The lowest BCUT2D eigenvalue weighted by atomic mass is 10.0. The van der Waals surface area contributed by atoms with E-state index in [2.05, 4.69) is 19.2 Å². The third-order valence-electron chi connectivity index (χ3n) is 3.58. The molecule has 1 atom stereocenters. The third-order valence-corrected chi connectivity index (χ3v) is 3.58. The van der Waals surface area contributed by atoms with Crippen LogP contribution in [-0.2, 0) is 9.59 Å². The average Bonchev–Trinajstić information content (AvgIpc) is 2.51. The monoisotopic (exact) mass is 274 g/mol. The Balaban J connectivity index is 2.30. The minimum Gasteiger partial charge on any atom is -0.344 e. The number of carbonyl (C=O) groups excluding carboxylic acids is 2. The second-order valence-electron chi connectivity index (χ2n) is 5.78. The molecule has 1 aliphatic rings. The number of carbonyl (C=O) groups is 2. The predicted octanol–water partition coefficient (Wildman–Crippen LogP) is 2.26. The second-order valence-corrected chi connectivity index (χ2v) is 5.78. The van der Waals surface area contributed by atoms with E-state index >= 15 is 0 Å². The quantitative estimate of drug-likeness (QED) is 0.919. The number of nitrogens with one attached hydrogen (secondary N) is 1. The minimum atomic E-state index is -0.412. The number of benzene rings is 1. The Labute approximate surface area is 120 Å². The first-order valence-electron chi connectivity index (χ1n) is 7.15. The van der Waals surface area contributed by atoms with Crippen molar-refractivity contribution in [1.82, 2.24) is 5.32 Å². The summed E-state index contributed by atoms with van der Waals surface area (Å²) in [5.41, 5.74) is 1.96. The standard InChI is InChI=1S/C16H22N2O2/c1-11(2)10-13-16(20)18(9-8-15(19)17-13)14-7-5-4-6-12(14)3/h4-7,11,13H,8-10H2,1-3H3,(H,17,19). The summed E-state index contributed by atoms with van der Waals surface area (Å²) in [6.07, 6.45) is 1.03. The third kappa shape index (κ3) is 3.18. The van der Waals surface area contributed by atoms with E-state index in [4.69, 9.17) is 0 Å². The molecule has 0 bridgehead atoms. The van der Waals surface area contributed by atoms with Gasteiger partial charge in [-0.25, -0.2) is 0 Å². The molecule has 20 heavy (non-hydrogen) atoms. The topological polar surface area (TPSA) is 49.4 Å². The van der Waals surface area contributed by atoms with Crippen LogP contribution in [0.4, 0.5) is 5.69 Å². The van der Waals surface area contributed by atoms with Gasteiger partial charge in [-0.2, -0.15) is 0 Å². The molecule has 2 rings (SSSR count). The van der Waals surface area contributed by atoms with Crippen LogP contribution in [0.25, 0.3) is 0 Å². The highest BCUT2D eigenvalue weighted by Crippen LogP contribution is 2.23. The van der Waals surface area contributed by atoms with Gasteiger partial charge in [0, 0.05) is 18.7 Å². The molecular weight excluding hydrogens is 252 g/mol. The lowest BCUT2D eigenvalue weighted by Gasteiger charge is -2.26. The molecule has 108 valence electrons. The van der Waals surface area contributed by atoms with E-state index in [-0.39, 0.29) is 11.8 Å². The smallest absolute Gasteiger partial charge is 0.249 e. The number of anilines is 1. The lowest BCUT2D eigenvalue weighted by Crippen LogP contribution is -2.45. The molecule has 4 nitrogen and oxygen atoms in total. The van der Waals surface area contributed by atoms with E-state index in [0.717, 1.165) is 11.3 Å². The van der Waals surface area contributed by atoms with Crippen LogP contribution in [0.1, 0.15) is 32.3 Å². The number of amides is 2. The summed E-state index contributed by atoms with van der Waals surface area (Å²) in [4.78, 5) is 26.2. The van der Waals surface area contributed by atoms with Gasteiger partial charge in [0.25, 0.3) is 0 Å². The molecule has 0 radical (unpaired) electrons. The molecule has 1 N–H and O–H groups in total. The van der Waals surface area contributed by atoms with Gasteiger partial charge < -0.3 is 10.2 Å². The Bertz CT molecular complexity index is 511. The van der Waals surface area contributed by atoms with Crippen molar-refractivity contribution in [3.63, 3.8) is 0 Å². The maximum absolute atomic E-state index is 12.7. The summed E-state index contributed by atoms with van der Waals surface area (Å²) in [6.45, 7) is 6.55. The fourth-order valence-corrected chi connectivity index (χ4v) is 2.58. The number of nitrogens with zero attached hydrogens (tertiary/aromatic N) is 1. The van der Waals surface area contributed by atoms with Crippen molar-refractivity contribution < 1.29 is 9.59 Å². The molecule has 1 fully saturated rings. The zero-order valence-corrected chi connectivity index (χ0v) is 12.3. The van der Waals surface area contributed by atoms with Gasteiger partial charge in [0.2, 0.25) is 11.8 Å². The molecule has 0 spiro atoms. The number of hydrogen-bond donors (Lipinski definition) is 1. The highest BCUT2D eigenvalue weighted by Gasteiger charge is 2.31. The van der Waals surface area contributed by atoms with Gasteiger partial charge in [-0.3, -0.25) is 9.59 Å². The van der Waals surface area contributed by atoms with Gasteiger partial charge in [0.1, 0.15) is 6.04 Å². The van der Waals surface area contributed by atoms with Crippen molar-refractivity contribution in [2.45, 2.75) is 39.7 Å². The average molecular weight is 274 g/mol. The van der Waals surface area contributed by atoms with E-state index in [1.165, 1.54) is 0 Å². The van der Waals surface area contributed by atoms with Crippen LogP contribution < -0.4 is 10.2 Å². The zero-order valence-electron chi connectivity index (χ0n) is 12.3. The van der Waals surface area contributed by atoms with Gasteiger partial charge in [-0.1, -0.05) is 32.0 Å². The van der Waals surface area contributed by atoms with Crippen molar-refractivity contribution in [2.75, 3.05) is 11.4 Å². The Kier molecular flexibility index (Phi) is 4.42. The normalized spacial score (nSPS) is 20.0. The van der Waals surface area contributed by atoms with Crippen molar-refractivity contribution in [1.29, 1.82) is 0 Å². The fourth-order valence-electron chi connectivity index (χ4n) is 2.58. The van der Waals surface area contributed by atoms with Gasteiger partial charge >= 0.3 is 0 Å². The first-order chi connectivity index (χ1) is 9.49. The van der Waals surface area contributed by atoms with Gasteiger partial charge in [-0.15, -0.1) is 0 Å². The summed E-state index contributed by atoms with van der Waals surface area (Å²) >= 11 is 0. The SMILES string of the molecule is Cc1ccccc1N1CCC(=O)NC(CC(C)C)C1=O. The van der Waals surface area contributed by atoms with Crippen molar-refractivity contribution >= 4 is 17.5 Å². The van der Waals surface area contributed by atoms with Gasteiger partial charge in [0.15, 0.2) is 0 Å². The summed E-state index contributed by atoms with van der Waals surface area (Å²) in [7, 11) is 0. The second kappa shape index (κ2) is 6.07. The van der Waals surface area contributed by atoms with Crippen molar-refractivity contribution in [3.05, 3.63) is 29.8 Å². The van der Waals surface area contributed by atoms with Crippen molar-refractivity contribution in [3.8, 4) is 0 Å². The van der Waals surface area contributed by atoms with Crippen molar-refractivity contribution in [2.24, 2.45) is 5.92 Å². The van der Waals surface area contributed by atoms with Crippen LogP contribution in [0.3, 0.4) is 0 Å². The maximum atomic E-state index is 12.7. The summed E-state index contributed by atoms with van der Waals surface area (Å²) in [5, 5.41) is 2.85. The van der Waals surface area contributed by atoms with E-state index in [9.17, 15) is 9.59 Å². The van der Waals surface area contributed by atoms with Crippen LogP contribution in [0, 0.1) is 12.8 Å². The first-order valence-corrected chi connectivity index (χ1v) is 7.15. The zero-order chi connectivity index (χ0) is 14.7. The van der Waals surface area contributed by atoms with Crippen LogP contribution >= 0.6 is 0 Å². The maximum Gasteiger partial charge on any atom is 0.249 e. The Hall–Kier alpha value is -1.84. The fraction of sp³-hybridized carbons (Fsp3) is 0.500. The van der Waals surface area contributed by atoms with Gasteiger partial charge in [-0.05, 0) is 30.9 Å². The molecule has 1 heterocycles. The number of rotatable bonds is 3. The molecule has 1 unspecified atom stereocenters. The van der Waals surface area contributed by atoms with E-state index in [1.54, 1.807) is 4.90 Å². The summed E-state index contributed by atoms with van der Waals surface area (Å²) in [5.74, 6) is 0.319. The van der Waals surface area contributed by atoms with E-state index in [1.807, 2.05) is 31.2 Å². The Morgan fingerprint density at radius 2 is 2.00 bits per heavy atom. The van der Waals surface area contributed by atoms with Crippen LogP contribution in [0.2, 0.25) is 0 Å². The van der Waals surface area contributed by atoms with E-state index in [0.29, 0.717) is 25.3 Å². The molecular formula is C16H22N2O2. The molecule has 0 aliphatic carbocycles. The van der Waals surface area contributed by atoms with Crippen LogP contribution in [0.5, 0.6) is 0 Å². The molecule has 2 amide bonds. The molecule has 1 aliphatic heterocycles. The molecule has 1 saturated heterocycles. The summed E-state index contributed by atoms with van der Waals surface area (Å²) < 4.78 is 0. The van der Waals surface area contributed by atoms with Gasteiger partial charge in [0.05, 0.1) is 0 Å². The number of hydrogen-bond acceptors (Lipinski definition) is 2. The Morgan fingerprint density at radius 3 is 2.65 bits per heavy atom. The molecule has 1 aromatic rings. The van der Waals surface area contributed by atoms with Crippen LogP contribution in [-0.4, -0.2) is 24.4 Å².